The zero-order chi connectivity index (χ0) is 31.4. The molecule has 0 spiro atoms. The third kappa shape index (κ3) is 9.54. The van der Waals surface area contributed by atoms with E-state index in [-0.39, 0.29) is 35.0 Å². The molecule has 0 unspecified atom stereocenters. The molecule has 42 heavy (non-hydrogen) atoms. The third-order valence-corrected chi connectivity index (χ3v) is 9.96. The summed E-state index contributed by atoms with van der Waals surface area (Å²) in [5.41, 5.74) is -0.504. The molecule has 0 aromatic heterocycles. The van der Waals surface area contributed by atoms with Gasteiger partial charge in [-0.3, -0.25) is 9.59 Å². The predicted molar refractivity (Wildman–Crippen MR) is 172 cm³/mol. The minimum atomic E-state index is -1.77. The van der Waals surface area contributed by atoms with Crippen molar-refractivity contribution >= 4 is 11.9 Å². The van der Waals surface area contributed by atoms with Crippen molar-refractivity contribution in [3.8, 4) is 0 Å². The number of carboxylic acid groups (broad SMARTS) is 2. The smallest absolute Gasteiger partial charge is 0.321 e. The van der Waals surface area contributed by atoms with Gasteiger partial charge in [0.2, 0.25) is 0 Å². The summed E-state index contributed by atoms with van der Waals surface area (Å²) in [5.74, 6) is -0.403. The second kappa shape index (κ2) is 13.4. The lowest BCUT2D eigenvalue weighted by molar-refractivity contribution is -0.165. The number of benzene rings is 1. The molecule has 2 aliphatic rings. The van der Waals surface area contributed by atoms with Gasteiger partial charge in [0.05, 0.1) is 0 Å². The van der Waals surface area contributed by atoms with Crippen LogP contribution in [-0.4, -0.2) is 44.3 Å². The first-order valence-corrected chi connectivity index (χ1v) is 16.4. The molecular formula is C36H60N2O4. The normalized spacial score (nSPS) is 22.2. The Morgan fingerprint density at radius 2 is 1.12 bits per heavy atom. The van der Waals surface area contributed by atoms with Gasteiger partial charge < -0.3 is 20.8 Å². The number of hydrogen-bond donors (Lipinski definition) is 4. The summed E-state index contributed by atoms with van der Waals surface area (Å²) < 4.78 is 0. The number of piperidine rings is 2. The van der Waals surface area contributed by atoms with Gasteiger partial charge >= 0.3 is 11.9 Å². The zero-order valence-electron chi connectivity index (χ0n) is 27.8. The van der Waals surface area contributed by atoms with Gasteiger partial charge in [-0.15, -0.1) is 0 Å². The monoisotopic (exact) mass is 584 g/mol. The van der Waals surface area contributed by atoms with Crippen LogP contribution in [0.2, 0.25) is 0 Å². The van der Waals surface area contributed by atoms with Crippen LogP contribution in [0.3, 0.4) is 0 Å². The maximum absolute atomic E-state index is 12.2. The molecule has 6 nitrogen and oxygen atoms in total. The van der Waals surface area contributed by atoms with Crippen molar-refractivity contribution in [2.24, 2.45) is 23.2 Å². The van der Waals surface area contributed by atoms with E-state index < -0.39 is 17.4 Å². The van der Waals surface area contributed by atoms with Gasteiger partial charge in [-0.1, -0.05) is 62.4 Å². The van der Waals surface area contributed by atoms with Crippen LogP contribution in [0.15, 0.2) is 30.3 Å². The van der Waals surface area contributed by atoms with E-state index >= 15 is 0 Å². The molecule has 0 bridgehead atoms. The van der Waals surface area contributed by atoms with Crippen LogP contribution in [0.1, 0.15) is 132 Å². The summed E-state index contributed by atoms with van der Waals surface area (Å²) in [6.07, 6.45) is 11.0. The molecule has 238 valence electrons. The number of carbonyl (C=O) groups is 2. The molecule has 4 N–H and O–H groups in total. The van der Waals surface area contributed by atoms with E-state index in [1.54, 1.807) is 0 Å². The Morgan fingerprint density at radius 3 is 1.55 bits per heavy atom. The Balaban J connectivity index is 1.61. The van der Waals surface area contributed by atoms with Crippen molar-refractivity contribution in [3.63, 3.8) is 0 Å². The van der Waals surface area contributed by atoms with Gasteiger partial charge in [0.25, 0.3) is 0 Å². The summed E-state index contributed by atoms with van der Waals surface area (Å²) in [4.78, 5) is 24.4. The molecule has 0 aliphatic carbocycles. The quantitative estimate of drug-likeness (QED) is 0.131. The number of rotatable bonds is 14. The average molecular weight is 585 g/mol. The van der Waals surface area contributed by atoms with Crippen molar-refractivity contribution < 1.29 is 19.8 Å². The first-order valence-electron chi connectivity index (χ1n) is 16.4. The third-order valence-electron chi connectivity index (χ3n) is 9.96. The van der Waals surface area contributed by atoms with Gasteiger partial charge in [0, 0.05) is 22.2 Å². The molecule has 3 rings (SSSR count). The highest BCUT2D eigenvalue weighted by Crippen LogP contribution is 2.47. The molecule has 2 heterocycles. The van der Waals surface area contributed by atoms with Crippen LogP contribution >= 0.6 is 0 Å². The van der Waals surface area contributed by atoms with Crippen LogP contribution in [0.25, 0.3) is 0 Å². The molecule has 1 aromatic rings. The minimum absolute atomic E-state index is 0.0199. The van der Waals surface area contributed by atoms with Crippen LogP contribution in [0.4, 0.5) is 0 Å². The van der Waals surface area contributed by atoms with Crippen molar-refractivity contribution in [1.82, 2.24) is 10.6 Å². The zero-order valence-corrected chi connectivity index (χ0v) is 27.8. The SMILES string of the molecule is CC1(C)CC(C(CCCCCCCC(Cc2ccccc2)(C(=O)O)C(=O)O)C2CC(C)(C)NC(C)(C)C2)CC(C)(C)N1. The highest BCUT2D eigenvalue weighted by atomic mass is 16.4. The van der Waals surface area contributed by atoms with Gasteiger partial charge in [-0.05, 0) is 124 Å². The molecule has 2 saturated heterocycles. The van der Waals surface area contributed by atoms with E-state index in [9.17, 15) is 19.8 Å². The van der Waals surface area contributed by atoms with Gasteiger partial charge in [0.15, 0.2) is 5.41 Å². The number of aliphatic carboxylic acids is 2. The Labute approximate surface area is 255 Å². The Hall–Kier alpha value is -1.92. The molecular weight excluding hydrogens is 524 g/mol. The summed E-state index contributed by atoms with van der Waals surface area (Å²) in [6.45, 7) is 18.9. The van der Waals surface area contributed by atoms with Crippen LogP contribution in [0.5, 0.6) is 0 Å². The lowest BCUT2D eigenvalue weighted by atomic mass is 9.61. The fourth-order valence-electron chi connectivity index (χ4n) is 9.09. The van der Waals surface area contributed by atoms with E-state index in [1.807, 2.05) is 30.3 Å². The van der Waals surface area contributed by atoms with E-state index in [2.05, 4.69) is 66.0 Å². The second-order valence-corrected chi connectivity index (χ2v) is 16.4. The molecule has 2 fully saturated rings. The summed E-state index contributed by atoms with van der Waals surface area (Å²) in [7, 11) is 0. The van der Waals surface area contributed by atoms with Crippen molar-refractivity contribution in [2.75, 3.05) is 0 Å². The predicted octanol–water partition coefficient (Wildman–Crippen LogP) is 7.85. The van der Waals surface area contributed by atoms with E-state index in [0.717, 1.165) is 24.8 Å². The molecule has 0 saturated carbocycles. The maximum atomic E-state index is 12.2. The summed E-state index contributed by atoms with van der Waals surface area (Å²) >= 11 is 0. The highest BCUT2D eigenvalue weighted by molar-refractivity contribution is 5.98. The molecule has 2 aliphatic heterocycles. The highest BCUT2D eigenvalue weighted by Gasteiger charge is 2.47. The Morgan fingerprint density at radius 1 is 0.714 bits per heavy atom. The standard InChI is InChI=1S/C36H60N2O4/c1-32(2)22-27(23-33(3,4)37-32)29(28-24-34(5,6)38-35(7,8)25-28)19-15-10-9-11-16-20-36(30(39)40,31(41)42)21-26-17-13-12-14-18-26/h12-14,17-18,27-29,37-38H,9-11,15-16,19-25H2,1-8H3,(H,39,40)(H,41,42). The number of unbranched alkanes of at least 4 members (excludes halogenated alkanes) is 4. The second-order valence-electron chi connectivity index (χ2n) is 16.4. The van der Waals surface area contributed by atoms with E-state index in [4.69, 9.17) is 0 Å². The van der Waals surface area contributed by atoms with E-state index in [1.165, 1.54) is 38.5 Å². The number of nitrogens with one attached hydrogen (secondary N) is 2. The first kappa shape index (κ1) is 34.6. The summed E-state index contributed by atoms with van der Waals surface area (Å²) in [6, 6.07) is 9.14. The molecule has 0 atom stereocenters. The molecule has 1 aromatic carbocycles. The van der Waals surface area contributed by atoms with Crippen molar-refractivity contribution in [1.29, 1.82) is 0 Å². The van der Waals surface area contributed by atoms with Crippen LogP contribution < -0.4 is 10.6 Å². The van der Waals surface area contributed by atoms with Crippen molar-refractivity contribution in [2.45, 2.75) is 155 Å². The average Bonchev–Trinajstić information content (AvgIpc) is 2.81. The molecule has 0 amide bonds. The molecule has 6 heteroatoms. The number of carboxylic acids is 2. The molecule has 0 radical (unpaired) electrons. The van der Waals surface area contributed by atoms with Gasteiger partial charge in [-0.2, -0.15) is 0 Å². The van der Waals surface area contributed by atoms with Crippen molar-refractivity contribution in [3.05, 3.63) is 35.9 Å². The number of hydrogen-bond acceptors (Lipinski definition) is 4. The lowest BCUT2D eigenvalue weighted by Gasteiger charge is -2.54. The van der Waals surface area contributed by atoms with Crippen LogP contribution in [-0.2, 0) is 16.0 Å². The Kier molecular flexibility index (Phi) is 11.0. The minimum Gasteiger partial charge on any atom is -0.480 e. The Bertz CT molecular complexity index is 962. The fourth-order valence-corrected chi connectivity index (χ4v) is 9.09. The summed E-state index contributed by atoms with van der Waals surface area (Å²) in [5, 5.41) is 27.7. The van der Waals surface area contributed by atoms with Gasteiger partial charge in [-0.25, -0.2) is 0 Å². The lowest BCUT2D eigenvalue weighted by Crippen LogP contribution is -2.61. The fraction of sp³-hybridized carbons (Fsp3) is 0.778. The topological polar surface area (TPSA) is 98.7 Å². The van der Waals surface area contributed by atoms with Crippen LogP contribution in [0, 0.1) is 23.2 Å². The van der Waals surface area contributed by atoms with Gasteiger partial charge in [0.1, 0.15) is 0 Å². The maximum Gasteiger partial charge on any atom is 0.321 e. The largest absolute Gasteiger partial charge is 0.480 e. The first-order chi connectivity index (χ1) is 19.4. The van der Waals surface area contributed by atoms with E-state index in [0.29, 0.717) is 24.2 Å².